The minimum Gasteiger partial charge on any atom is -0.294 e. The van der Waals surface area contributed by atoms with Crippen molar-refractivity contribution in [1.29, 1.82) is 0 Å². The first kappa shape index (κ1) is 9.34. The monoisotopic (exact) mass is 208 g/mol. The summed E-state index contributed by atoms with van der Waals surface area (Å²) < 4.78 is 0. The lowest BCUT2D eigenvalue weighted by molar-refractivity contribution is -0.114. The van der Waals surface area contributed by atoms with Crippen molar-refractivity contribution in [2.24, 2.45) is 0 Å². The Morgan fingerprint density at radius 1 is 1.00 bits per heavy atom. The quantitative estimate of drug-likeness (QED) is 0.640. The third-order valence-corrected chi connectivity index (χ3v) is 3.13. The van der Waals surface area contributed by atoms with Gasteiger partial charge in [-0.25, -0.2) is 0 Å². The third kappa shape index (κ3) is 1.45. The smallest absolute Gasteiger partial charge is 0.166 e. The summed E-state index contributed by atoms with van der Waals surface area (Å²) in [6.07, 6.45) is 9.47. The van der Waals surface area contributed by atoms with Crippen LogP contribution in [0.15, 0.2) is 53.6 Å². The number of Topliss-reactive ketones (excluding diaryl/α,β-unsaturated/α-hetero) is 1. The molecule has 0 heterocycles. The molecule has 0 aromatic heterocycles. The molecule has 2 aliphatic carbocycles. The molecule has 1 aromatic rings. The number of hydrogen-bond donors (Lipinski definition) is 0. The molecule has 0 saturated heterocycles. The summed E-state index contributed by atoms with van der Waals surface area (Å²) in [5.41, 5.74) is 4.55. The van der Waals surface area contributed by atoms with Crippen LogP contribution in [-0.2, 0) is 11.2 Å². The van der Waals surface area contributed by atoms with Crippen LogP contribution in [0.4, 0.5) is 0 Å². The van der Waals surface area contributed by atoms with Gasteiger partial charge in [-0.1, -0.05) is 48.6 Å². The van der Waals surface area contributed by atoms with Gasteiger partial charge in [0.25, 0.3) is 0 Å². The first-order valence-electron chi connectivity index (χ1n) is 5.53. The Hall–Kier alpha value is -1.89. The van der Waals surface area contributed by atoms with E-state index >= 15 is 0 Å². The number of rotatable bonds is 0. The van der Waals surface area contributed by atoms with Crippen LogP contribution in [0.5, 0.6) is 0 Å². The van der Waals surface area contributed by atoms with Crippen LogP contribution in [0.2, 0.25) is 0 Å². The second-order valence-corrected chi connectivity index (χ2v) is 4.18. The number of ketones is 1. The Labute approximate surface area is 94.8 Å². The average Bonchev–Trinajstić information content (AvgIpc) is 2.48. The predicted octanol–water partition coefficient (Wildman–Crippen LogP) is 3.08. The normalized spacial score (nSPS) is 18.1. The molecular formula is C15H12O. The van der Waals surface area contributed by atoms with Crippen LogP contribution in [0.3, 0.4) is 0 Å². The minimum absolute atomic E-state index is 0.238. The van der Waals surface area contributed by atoms with Crippen molar-refractivity contribution in [2.75, 3.05) is 0 Å². The van der Waals surface area contributed by atoms with Crippen LogP contribution < -0.4 is 0 Å². The van der Waals surface area contributed by atoms with E-state index in [0.29, 0.717) is 6.42 Å². The molecule has 3 rings (SSSR count). The lowest BCUT2D eigenvalue weighted by Crippen LogP contribution is -2.06. The van der Waals surface area contributed by atoms with Crippen molar-refractivity contribution >= 4 is 11.9 Å². The van der Waals surface area contributed by atoms with Crippen LogP contribution >= 0.6 is 0 Å². The van der Waals surface area contributed by atoms with E-state index in [1.54, 1.807) is 0 Å². The second-order valence-electron chi connectivity index (χ2n) is 4.18. The van der Waals surface area contributed by atoms with E-state index < -0.39 is 0 Å². The molecule has 0 bridgehead atoms. The molecule has 0 aliphatic heterocycles. The minimum atomic E-state index is 0.238. The number of benzene rings is 1. The van der Waals surface area contributed by atoms with Crippen molar-refractivity contribution in [2.45, 2.75) is 12.8 Å². The Balaban J connectivity index is 2.13. The second kappa shape index (κ2) is 3.60. The molecular weight excluding hydrogens is 196 g/mol. The van der Waals surface area contributed by atoms with Crippen molar-refractivity contribution in [1.82, 2.24) is 0 Å². The Bertz CT molecular complexity index is 544. The van der Waals surface area contributed by atoms with Gasteiger partial charge >= 0.3 is 0 Å². The fourth-order valence-corrected chi connectivity index (χ4v) is 2.28. The molecule has 1 heteroatoms. The maximum absolute atomic E-state index is 11.8. The van der Waals surface area contributed by atoms with Gasteiger partial charge in [0, 0.05) is 12.0 Å². The molecule has 2 aliphatic rings. The molecule has 16 heavy (non-hydrogen) atoms. The van der Waals surface area contributed by atoms with Gasteiger partial charge in [-0.2, -0.15) is 0 Å². The highest BCUT2D eigenvalue weighted by Gasteiger charge is 2.17. The van der Waals surface area contributed by atoms with Crippen molar-refractivity contribution < 1.29 is 4.79 Å². The summed E-state index contributed by atoms with van der Waals surface area (Å²) in [7, 11) is 0. The van der Waals surface area contributed by atoms with Crippen molar-refractivity contribution in [3.63, 3.8) is 0 Å². The molecule has 0 amide bonds. The van der Waals surface area contributed by atoms with Gasteiger partial charge in [-0.15, -0.1) is 0 Å². The van der Waals surface area contributed by atoms with E-state index in [1.165, 1.54) is 11.1 Å². The molecule has 0 unspecified atom stereocenters. The topological polar surface area (TPSA) is 17.1 Å². The summed E-state index contributed by atoms with van der Waals surface area (Å²) in [5.74, 6) is 0.238. The fourth-order valence-electron chi connectivity index (χ4n) is 2.28. The summed E-state index contributed by atoms with van der Waals surface area (Å²) in [5, 5.41) is 0. The third-order valence-electron chi connectivity index (χ3n) is 3.13. The summed E-state index contributed by atoms with van der Waals surface area (Å²) in [4.78, 5) is 11.8. The van der Waals surface area contributed by atoms with Crippen LogP contribution in [0.1, 0.15) is 17.5 Å². The Morgan fingerprint density at radius 3 is 2.81 bits per heavy atom. The highest BCUT2D eigenvalue weighted by atomic mass is 16.1. The molecule has 0 N–H and O–H groups in total. The van der Waals surface area contributed by atoms with Gasteiger partial charge in [-0.3, -0.25) is 4.79 Å². The first-order valence-corrected chi connectivity index (χ1v) is 5.53. The van der Waals surface area contributed by atoms with Gasteiger partial charge < -0.3 is 0 Å². The molecule has 0 spiro atoms. The molecule has 1 aromatic carbocycles. The van der Waals surface area contributed by atoms with Gasteiger partial charge in [-0.05, 0) is 23.1 Å². The maximum atomic E-state index is 11.8. The van der Waals surface area contributed by atoms with E-state index in [9.17, 15) is 4.79 Å². The number of hydrogen-bond acceptors (Lipinski definition) is 1. The van der Waals surface area contributed by atoms with Gasteiger partial charge in [0.2, 0.25) is 0 Å². The SMILES string of the molecule is O=C1CC=CC2=C1C=Cc1ccccc1C2. The zero-order chi connectivity index (χ0) is 11.0. The molecule has 0 saturated carbocycles. The average molecular weight is 208 g/mol. The number of carbonyl (C=O) groups is 1. The van der Waals surface area contributed by atoms with E-state index in [2.05, 4.69) is 24.3 Å². The van der Waals surface area contributed by atoms with Gasteiger partial charge in [0.1, 0.15) is 0 Å². The van der Waals surface area contributed by atoms with E-state index in [0.717, 1.165) is 17.6 Å². The van der Waals surface area contributed by atoms with Crippen molar-refractivity contribution in [3.8, 4) is 0 Å². The van der Waals surface area contributed by atoms with E-state index in [4.69, 9.17) is 0 Å². The number of carbonyl (C=O) groups excluding carboxylic acids is 1. The van der Waals surface area contributed by atoms with Crippen LogP contribution in [0.25, 0.3) is 6.08 Å². The summed E-state index contributed by atoms with van der Waals surface area (Å²) in [6.45, 7) is 0. The number of fused-ring (bicyclic) bond motifs is 1. The zero-order valence-corrected chi connectivity index (χ0v) is 8.94. The maximum Gasteiger partial charge on any atom is 0.166 e. The highest BCUT2D eigenvalue weighted by molar-refractivity contribution is 6.02. The van der Waals surface area contributed by atoms with Crippen LogP contribution in [-0.4, -0.2) is 5.78 Å². The lowest BCUT2D eigenvalue weighted by Gasteiger charge is -2.10. The standard InChI is InChI=1S/C15H12O/c16-15-7-3-6-13-10-12-5-2-1-4-11(12)8-9-14(13)15/h1-6,8-9H,7,10H2. The first-order chi connectivity index (χ1) is 7.84. The van der Waals surface area contributed by atoms with E-state index in [1.807, 2.05) is 24.3 Å². The fraction of sp³-hybridized carbons (Fsp3) is 0.133. The highest BCUT2D eigenvalue weighted by Crippen LogP contribution is 2.27. The zero-order valence-electron chi connectivity index (χ0n) is 8.94. The largest absolute Gasteiger partial charge is 0.294 e. The Kier molecular flexibility index (Phi) is 2.10. The van der Waals surface area contributed by atoms with Gasteiger partial charge in [0.05, 0.1) is 0 Å². The molecule has 78 valence electrons. The summed E-state index contributed by atoms with van der Waals surface area (Å²) in [6, 6.07) is 8.30. The molecule has 0 radical (unpaired) electrons. The van der Waals surface area contributed by atoms with Crippen molar-refractivity contribution in [3.05, 3.63) is 64.8 Å². The molecule has 1 nitrogen and oxygen atoms in total. The molecule has 0 fully saturated rings. The van der Waals surface area contributed by atoms with Gasteiger partial charge in [0.15, 0.2) is 5.78 Å². The number of allylic oxidation sites excluding steroid dienone is 5. The Morgan fingerprint density at radius 2 is 1.88 bits per heavy atom. The van der Waals surface area contributed by atoms with Crippen LogP contribution in [0, 0.1) is 0 Å². The summed E-state index contributed by atoms with van der Waals surface area (Å²) >= 11 is 0. The lowest BCUT2D eigenvalue weighted by atomic mass is 9.93. The van der Waals surface area contributed by atoms with E-state index in [-0.39, 0.29) is 5.78 Å². The molecule has 0 atom stereocenters. The predicted molar refractivity (Wildman–Crippen MR) is 65.0 cm³/mol.